The fourth-order valence-corrected chi connectivity index (χ4v) is 2.93. The summed E-state index contributed by atoms with van der Waals surface area (Å²) in [7, 11) is 0. The largest absolute Gasteiger partial charge is 0.490 e. The summed E-state index contributed by atoms with van der Waals surface area (Å²) in [6.45, 7) is 3.33. The number of oxime groups is 1. The summed E-state index contributed by atoms with van der Waals surface area (Å²) >= 11 is 5.87. The maximum absolute atomic E-state index is 12.4. The summed E-state index contributed by atoms with van der Waals surface area (Å²) < 4.78 is 5.93. The van der Waals surface area contributed by atoms with Gasteiger partial charge in [-0.2, -0.15) is 0 Å². The van der Waals surface area contributed by atoms with Gasteiger partial charge in [0.05, 0.1) is 0 Å². The first-order chi connectivity index (χ1) is 11.6. The lowest BCUT2D eigenvalue weighted by Gasteiger charge is -2.32. The van der Waals surface area contributed by atoms with Gasteiger partial charge in [0.25, 0.3) is 5.91 Å². The van der Waals surface area contributed by atoms with Gasteiger partial charge in [0, 0.05) is 31.0 Å². The monoisotopic (exact) mass is 352 g/mol. The number of amides is 1. The van der Waals surface area contributed by atoms with Gasteiger partial charge >= 0.3 is 0 Å². The molecule has 0 spiro atoms. The Hall–Kier alpha value is -1.75. The first-order valence-corrected chi connectivity index (χ1v) is 8.94. The molecule has 1 aliphatic heterocycles. The molecule has 24 heavy (non-hydrogen) atoms. The summed E-state index contributed by atoms with van der Waals surface area (Å²) in [5.41, 5.74) is 0.264. The van der Waals surface area contributed by atoms with Crippen LogP contribution in [0.5, 0.6) is 5.75 Å². The molecule has 1 N–H and O–H groups in total. The highest BCUT2D eigenvalue weighted by Gasteiger charge is 2.26. The van der Waals surface area contributed by atoms with Crippen LogP contribution in [0.3, 0.4) is 0 Å². The Balaban J connectivity index is 1.80. The molecule has 6 heteroatoms. The second kappa shape index (κ2) is 9.52. The Morgan fingerprint density at radius 3 is 2.54 bits per heavy atom. The standard InChI is InChI=1S/C18H25ClN2O3/c1-2-3-4-5-17(20-23)18(22)21-12-10-16(11-13-21)24-15-8-6-14(19)7-9-15/h6-9,16,23H,2-5,10-13H2,1H3/b20-17+. The molecule has 0 atom stereocenters. The fraction of sp³-hybridized carbons (Fsp3) is 0.556. The molecule has 0 aliphatic carbocycles. The molecule has 1 heterocycles. The van der Waals surface area contributed by atoms with Crippen LogP contribution in [0.4, 0.5) is 0 Å². The van der Waals surface area contributed by atoms with Gasteiger partial charge in [0.1, 0.15) is 17.6 Å². The second-order valence-corrected chi connectivity index (χ2v) is 6.50. The zero-order valence-electron chi connectivity index (χ0n) is 14.1. The van der Waals surface area contributed by atoms with Crippen molar-refractivity contribution in [2.75, 3.05) is 13.1 Å². The van der Waals surface area contributed by atoms with E-state index in [0.29, 0.717) is 24.5 Å². The number of nitrogens with zero attached hydrogens (tertiary/aromatic N) is 2. The first-order valence-electron chi connectivity index (χ1n) is 8.56. The maximum atomic E-state index is 12.4. The van der Waals surface area contributed by atoms with Crippen LogP contribution in [-0.2, 0) is 4.79 Å². The van der Waals surface area contributed by atoms with E-state index >= 15 is 0 Å². The quantitative estimate of drug-likeness (QED) is 0.347. The molecule has 0 radical (unpaired) electrons. The number of hydrogen-bond acceptors (Lipinski definition) is 4. The molecule has 0 aromatic heterocycles. The van der Waals surface area contributed by atoms with Crippen LogP contribution in [-0.4, -0.2) is 40.9 Å². The molecule has 1 aromatic carbocycles. The second-order valence-electron chi connectivity index (χ2n) is 6.07. The highest BCUT2D eigenvalue weighted by atomic mass is 35.5. The number of benzene rings is 1. The maximum Gasteiger partial charge on any atom is 0.271 e. The van der Waals surface area contributed by atoms with E-state index in [1.807, 2.05) is 12.1 Å². The minimum absolute atomic E-state index is 0.0878. The SMILES string of the molecule is CCCCC/C(=N\O)C(=O)N1CCC(Oc2ccc(Cl)cc2)CC1. The van der Waals surface area contributed by atoms with Crippen molar-refractivity contribution >= 4 is 23.2 Å². The zero-order valence-corrected chi connectivity index (χ0v) is 14.8. The van der Waals surface area contributed by atoms with Crippen LogP contribution in [0.2, 0.25) is 5.02 Å². The lowest BCUT2D eigenvalue weighted by Crippen LogP contribution is -2.44. The van der Waals surface area contributed by atoms with Crippen LogP contribution >= 0.6 is 11.6 Å². The zero-order chi connectivity index (χ0) is 17.4. The molecule has 1 saturated heterocycles. The van der Waals surface area contributed by atoms with Crippen molar-refractivity contribution in [3.05, 3.63) is 29.3 Å². The number of hydrogen-bond donors (Lipinski definition) is 1. The first kappa shape index (κ1) is 18.6. The van der Waals surface area contributed by atoms with Crippen LogP contribution in [0, 0.1) is 0 Å². The Morgan fingerprint density at radius 2 is 1.96 bits per heavy atom. The number of carbonyl (C=O) groups excluding carboxylic acids is 1. The fourth-order valence-electron chi connectivity index (χ4n) is 2.81. The Kier molecular flexibility index (Phi) is 7.37. The van der Waals surface area contributed by atoms with Gasteiger partial charge in [-0.25, -0.2) is 0 Å². The van der Waals surface area contributed by atoms with E-state index in [1.54, 1.807) is 17.0 Å². The number of unbranched alkanes of at least 4 members (excludes halogenated alkanes) is 2. The van der Waals surface area contributed by atoms with E-state index in [9.17, 15) is 4.79 Å². The Labute approximate surface area is 148 Å². The summed E-state index contributed by atoms with van der Waals surface area (Å²) in [4.78, 5) is 14.2. The minimum Gasteiger partial charge on any atom is -0.490 e. The van der Waals surface area contributed by atoms with Crippen molar-refractivity contribution in [1.82, 2.24) is 4.90 Å². The molecule has 5 nitrogen and oxygen atoms in total. The van der Waals surface area contributed by atoms with Crippen LogP contribution in [0.25, 0.3) is 0 Å². The van der Waals surface area contributed by atoms with Gasteiger partial charge < -0.3 is 14.8 Å². The molecule has 1 aliphatic rings. The van der Waals surface area contributed by atoms with Gasteiger partial charge in [-0.05, 0) is 37.1 Å². The average molecular weight is 353 g/mol. The molecular formula is C18H25ClN2O3. The third-order valence-corrected chi connectivity index (χ3v) is 4.48. The minimum atomic E-state index is -0.154. The lowest BCUT2D eigenvalue weighted by molar-refractivity contribution is -0.126. The molecule has 2 rings (SSSR count). The molecular weight excluding hydrogens is 328 g/mol. The highest BCUT2D eigenvalue weighted by molar-refractivity contribution is 6.38. The van der Waals surface area contributed by atoms with E-state index < -0.39 is 0 Å². The van der Waals surface area contributed by atoms with Crippen molar-refractivity contribution < 1.29 is 14.7 Å². The van der Waals surface area contributed by atoms with E-state index in [0.717, 1.165) is 37.9 Å². The van der Waals surface area contributed by atoms with E-state index in [2.05, 4.69) is 12.1 Å². The van der Waals surface area contributed by atoms with Crippen molar-refractivity contribution in [2.45, 2.75) is 51.6 Å². The van der Waals surface area contributed by atoms with Gasteiger partial charge in [0.2, 0.25) is 0 Å². The number of carbonyl (C=O) groups is 1. The van der Waals surface area contributed by atoms with Crippen LogP contribution < -0.4 is 4.74 Å². The third-order valence-electron chi connectivity index (χ3n) is 4.23. The predicted octanol–water partition coefficient (Wildman–Crippen LogP) is 4.12. The summed E-state index contributed by atoms with van der Waals surface area (Å²) in [5, 5.41) is 13.0. The van der Waals surface area contributed by atoms with Crippen LogP contribution in [0.15, 0.2) is 29.4 Å². The molecule has 1 amide bonds. The average Bonchev–Trinajstić information content (AvgIpc) is 2.61. The summed E-state index contributed by atoms with van der Waals surface area (Å²) in [5.74, 6) is 0.639. The summed E-state index contributed by atoms with van der Waals surface area (Å²) in [6.07, 6.45) is 5.13. The topological polar surface area (TPSA) is 62.1 Å². The van der Waals surface area contributed by atoms with E-state index in [4.69, 9.17) is 21.5 Å². The molecule has 1 aromatic rings. The summed E-state index contributed by atoms with van der Waals surface area (Å²) in [6, 6.07) is 7.31. The van der Waals surface area contributed by atoms with Crippen LogP contribution in [0.1, 0.15) is 45.4 Å². The molecule has 0 bridgehead atoms. The Morgan fingerprint density at radius 1 is 1.29 bits per heavy atom. The molecule has 1 fully saturated rings. The third kappa shape index (κ3) is 5.41. The van der Waals surface area contributed by atoms with Gasteiger partial charge in [-0.1, -0.05) is 36.5 Å². The Bertz CT molecular complexity index is 552. The molecule has 132 valence electrons. The van der Waals surface area contributed by atoms with Gasteiger partial charge in [-0.15, -0.1) is 0 Å². The van der Waals surface area contributed by atoms with Crippen molar-refractivity contribution in [1.29, 1.82) is 0 Å². The predicted molar refractivity (Wildman–Crippen MR) is 95.0 cm³/mol. The number of ether oxygens (including phenoxy) is 1. The van der Waals surface area contributed by atoms with E-state index in [1.165, 1.54) is 0 Å². The number of piperidine rings is 1. The number of likely N-dealkylation sites (tertiary alicyclic amines) is 1. The van der Waals surface area contributed by atoms with E-state index in [-0.39, 0.29) is 17.7 Å². The highest BCUT2D eigenvalue weighted by Crippen LogP contribution is 2.21. The molecule has 0 saturated carbocycles. The molecule has 0 unspecified atom stereocenters. The number of rotatable bonds is 7. The lowest BCUT2D eigenvalue weighted by atomic mass is 10.1. The van der Waals surface area contributed by atoms with Crippen molar-refractivity contribution in [3.8, 4) is 5.75 Å². The van der Waals surface area contributed by atoms with Gasteiger partial charge in [-0.3, -0.25) is 4.79 Å². The van der Waals surface area contributed by atoms with Crippen molar-refractivity contribution in [2.24, 2.45) is 5.16 Å². The smallest absolute Gasteiger partial charge is 0.271 e. The number of halogens is 1. The van der Waals surface area contributed by atoms with Crippen molar-refractivity contribution in [3.63, 3.8) is 0 Å². The van der Waals surface area contributed by atoms with Gasteiger partial charge in [0.15, 0.2) is 0 Å². The normalized spacial score (nSPS) is 16.2.